The van der Waals surface area contributed by atoms with E-state index in [-0.39, 0.29) is 0 Å². The molecule has 1 aromatic rings. The average molecular weight is 219 g/mol. The van der Waals surface area contributed by atoms with Crippen LogP contribution in [0.15, 0.2) is 24.3 Å². The summed E-state index contributed by atoms with van der Waals surface area (Å²) in [5, 5.41) is 1.21. The topological polar surface area (TPSA) is 9.23 Å². The molecular formula is C10H12Cl2O. The normalized spacial score (nSPS) is 14.9. The minimum absolute atomic E-state index is 0.606. The van der Waals surface area contributed by atoms with Gasteiger partial charge in [-0.15, -0.1) is 0 Å². The van der Waals surface area contributed by atoms with Crippen LogP contribution in [0, 0.1) is 0 Å². The highest BCUT2D eigenvalue weighted by Crippen LogP contribution is 2.19. The van der Waals surface area contributed by atoms with E-state index in [0.717, 1.165) is 13.2 Å². The highest BCUT2D eigenvalue weighted by molar-refractivity contribution is 6.41. The molecule has 0 atom stereocenters. The van der Waals surface area contributed by atoms with Gasteiger partial charge in [-0.2, -0.15) is 0 Å². The highest BCUT2D eigenvalue weighted by Gasteiger charge is 1.94. The molecule has 0 amide bonds. The van der Waals surface area contributed by atoms with Gasteiger partial charge in [-0.25, -0.2) is 0 Å². The fraction of sp³-hybridized carbons (Fsp3) is 0.400. The Morgan fingerprint density at radius 1 is 0.923 bits per heavy atom. The molecular weight excluding hydrogens is 207 g/mol. The van der Waals surface area contributed by atoms with Crippen LogP contribution in [0.4, 0.5) is 0 Å². The molecule has 1 nitrogen and oxygen atoms in total. The molecule has 1 aromatic carbocycles. The van der Waals surface area contributed by atoms with Crippen molar-refractivity contribution < 1.29 is 4.74 Å². The zero-order valence-corrected chi connectivity index (χ0v) is 8.81. The van der Waals surface area contributed by atoms with E-state index in [2.05, 4.69) is 0 Å². The lowest BCUT2D eigenvalue weighted by atomic mass is 10.4. The second kappa shape index (κ2) is 6.25. The van der Waals surface area contributed by atoms with Crippen molar-refractivity contribution in [2.75, 3.05) is 13.2 Å². The van der Waals surface area contributed by atoms with Gasteiger partial charge in [-0.05, 0) is 25.0 Å². The van der Waals surface area contributed by atoms with Crippen LogP contribution >= 0.6 is 23.2 Å². The number of hydrogen-bond acceptors (Lipinski definition) is 1. The van der Waals surface area contributed by atoms with E-state index in [0.29, 0.717) is 10.0 Å². The van der Waals surface area contributed by atoms with Crippen LogP contribution in [0.5, 0.6) is 0 Å². The maximum Gasteiger partial charge on any atom is 0.0592 e. The molecule has 1 saturated heterocycles. The molecule has 1 aliphatic rings. The first-order chi connectivity index (χ1) is 6.30. The maximum absolute atomic E-state index is 5.58. The summed E-state index contributed by atoms with van der Waals surface area (Å²) < 4.78 is 4.94. The lowest BCUT2D eigenvalue weighted by Crippen LogP contribution is -1.74. The Morgan fingerprint density at radius 2 is 1.38 bits per heavy atom. The summed E-state index contributed by atoms with van der Waals surface area (Å²) in [6.07, 6.45) is 2.56. The predicted octanol–water partition coefficient (Wildman–Crippen LogP) is 3.79. The third kappa shape index (κ3) is 4.51. The largest absolute Gasteiger partial charge is 0.381 e. The van der Waals surface area contributed by atoms with Crippen LogP contribution in [0.1, 0.15) is 12.8 Å². The second-order valence-electron chi connectivity index (χ2n) is 2.73. The summed E-state index contributed by atoms with van der Waals surface area (Å²) in [5.41, 5.74) is 0. The van der Waals surface area contributed by atoms with Crippen molar-refractivity contribution in [3.05, 3.63) is 34.3 Å². The van der Waals surface area contributed by atoms with E-state index in [9.17, 15) is 0 Å². The van der Waals surface area contributed by atoms with Gasteiger partial charge in [0.25, 0.3) is 0 Å². The van der Waals surface area contributed by atoms with E-state index in [1.807, 2.05) is 12.1 Å². The number of hydrogen-bond donors (Lipinski definition) is 0. The highest BCUT2D eigenvalue weighted by atomic mass is 35.5. The van der Waals surface area contributed by atoms with Crippen molar-refractivity contribution in [1.29, 1.82) is 0 Å². The Labute approximate surface area is 88.6 Å². The van der Waals surface area contributed by atoms with Gasteiger partial charge in [0.05, 0.1) is 10.0 Å². The third-order valence-electron chi connectivity index (χ3n) is 1.65. The van der Waals surface area contributed by atoms with Crippen molar-refractivity contribution in [2.24, 2.45) is 0 Å². The minimum Gasteiger partial charge on any atom is -0.381 e. The lowest BCUT2D eigenvalue weighted by Gasteiger charge is -1.88. The van der Waals surface area contributed by atoms with Crippen LogP contribution in [-0.2, 0) is 4.74 Å². The molecule has 0 radical (unpaired) electrons. The third-order valence-corrected chi connectivity index (χ3v) is 2.41. The summed E-state index contributed by atoms with van der Waals surface area (Å²) in [6, 6.07) is 7.19. The van der Waals surface area contributed by atoms with Crippen LogP contribution in [0.2, 0.25) is 10.0 Å². The predicted molar refractivity (Wildman–Crippen MR) is 56.5 cm³/mol. The first kappa shape index (κ1) is 10.8. The van der Waals surface area contributed by atoms with Gasteiger partial charge in [0.2, 0.25) is 0 Å². The van der Waals surface area contributed by atoms with Crippen LogP contribution in [0.25, 0.3) is 0 Å². The number of ether oxygens (including phenoxy) is 1. The van der Waals surface area contributed by atoms with Crippen molar-refractivity contribution in [2.45, 2.75) is 12.8 Å². The number of rotatable bonds is 0. The minimum atomic E-state index is 0.606. The Hall–Kier alpha value is -0.240. The van der Waals surface area contributed by atoms with E-state index >= 15 is 0 Å². The van der Waals surface area contributed by atoms with Crippen molar-refractivity contribution in [3.63, 3.8) is 0 Å². The van der Waals surface area contributed by atoms with Gasteiger partial charge in [-0.3, -0.25) is 0 Å². The fourth-order valence-electron chi connectivity index (χ4n) is 0.950. The lowest BCUT2D eigenvalue weighted by molar-refractivity contribution is 0.198. The van der Waals surface area contributed by atoms with E-state index < -0.39 is 0 Å². The summed E-state index contributed by atoms with van der Waals surface area (Å²) >= 11 is 11.2. The molecule has 1 fully saturated rings. The molecule has 1 aliphatic heterocycles. The Balaban J connectivity index is 0.000000145. The number of halogens is 2. The fourth-order valence-corrected chi connectivity index (χ4v) is 1.22. The number of benzene rings is 1. The summed E-state index contributed by atoms with van der Waals surface area (Å²) in [6.45, 7) is 2.00. The summed E-state index contributed by atoms with van der Waals surface area (Å²) in [7, 11) is 0. The van der Waals surface area contributed by atoms with Gasteiger partial charge >= 0.3 is 0 Å². The van der Waals surface area contributed by atoms with Crippen LogP contribution < -0.4 is 0 Å². The van der Waals surface area contributed by atoms with Crippen LogP contribution in [0.3, 0.4) is 0 Å². The second-order valence-corrected chi connectivity index (χ2v) is 3.55. The monoisotopic (exact) mass is 218 g/mol. The van der Waals surface area contributed by atoms with Crippen LogP contribution in [-0.4, -0.2) is 13.2 Å². The Kier molecular flexibility index (Phi) is 5.21. The smallest absolute Gasteiger partial charge is 0.0592 e. The zero-order chi connectivity index (χ0) is 9.52. The van der Waals surface area contributed by atoms with Gasteiger partial charge in [-0.1, -0.05) is 35.3 Å². The molecule has 0 spiro atoms. The molecule has 3 heteroatoms. The maximum atomic E-state index is 5.58. The molecule has 0 saturated carbocycles. The standard InChI is InChI=1S/C6H4Cl2.C4H8O/c7-5-3-1-2-4-6(5)8;1-2-4-5-3-1/h1-4H;1-4H2. The SMILES string of the molecule is C1CCOC1.Clc1ccccc1Cl. The molecule has 0 bridgehead atoms. The van der Waals surface area contributed by atoms with E-state index in [4.69, 9.17) is 27.9 Å². The van der Waals surface area contributed by atoms with E-state index in [1.165, 1.54) is 12.8 Å². The van der Waals surface area contributed by atoms with Crippen molar-refractivity contribution in [1.82, 2.24) is 0 Å². The molecule has 0 aliphatic carbocycles. The van der Waals surface area contributed by atoms with Gasteiger partial charge in [0.1, 0.15) is 0 Å². The Morgan fingerprint density at radius 3 is 1.62 bits per heavy atom. The first-order valence-corrected chi connectivity index (χ1v) is 5.04. The first-order valence-electron chi connectivity index (χ1n) is 4.28. The van der Waals surface area contributed by atoms with Crippen molar-refractivity contribution >= 4 is 23.2 Å². The zero-order valence-electron chi connectivity index (χ0n) is 7.30. The molecule has 72 valence electrons. The Bertz CT molecular complexity index is 218. The molecule has 0 N–H and O–H groups in total. The van der Waals surface area contributed by atoms with Gasteiger partial charge in [0, 0.05) is 13.2 Å². The quantitative estimate of drug-likeness (QED) is 0.644. The van der Waals surface area contributed by atoms with Gasteiger partial charge in [0.15, 0.2) is 0 Å². The van der Waals surface area contributed by atoms with E-state index in [1.54, 1.807) is 12.1 Å². The summed E-state index contributed by atoms with van der Waals surface area (Å²) in [5.74, 6) is 0. The van der Waals surface area contributed by atoms with Gasteiger partial charge < -0.3 is 4.74 Å². The average Bonchev–Trinajstić information content (AvgIpc) is 2.68. The molecule has 1 heterocycles. The molecule has 0 unspecified atom stereocenters. The van der Waals surface area contributed by atoms with Crippen molar-refractivity contribution in [3.8, 4) is 0 Å². The summed E-state index contributed by atoms with van der Waals surface area (Å²) in [4.78, 5) is 0. The molecule has 2 rings (SSSR count). The molecule has 13 heavy (non-hydrogen) atoms. The molecule has 0 aromatic heterocycles.